The monoisotopic (exact) mass is 428 g/mol. The van der Waals surface area contributed by atoms with Crippen LogP contribution in [0.15, 0.2) is 71.6 Å². The highest BCUT2D eigenvalue weighted by molar-refractivity contribution is 7.89. The highest BCUT2D eigenvalue weighted by Crippen LogP contribution is 2.27. The van der Waals surface area contributed by atoms with Crippen LogP contribution in [-0.4, -0.2) is 25.2 Å². The van der Waals surface area contributed by atoms with E-state index in [1.807, 2.05) is 6.07 Å². The zero-order chi connectivity index (χ0) is 21.3. The van der Waals surface area contributed by atoms with Crippen LogP contribution in [0.1, 0.15) is 21.5 Å². The van der Waals surface area contributed by atoms with Crippen LogP contribution in [0.25, 0.3) is 0 Å². The Balaban J connectivity index is 1.54. The number of benzene rings is 3. The van der Waals surface area contributed by atoms with Crippen molar-refractivity contribution >= 4 is 21.6 Å². The highest BCUT2D eigenvalue weighted by atomic mass is 32.2. The number of carbonyl (C=O) groups is 1. The molecule has 1 aliphatic heterocycles. The Labute approximate surface area is 173 Å². The van der Waals surface area contributed by atoms with Gasteiger partial charge in [0.25, 0.3) is 5.91 Å². The van der Waals surface area contributed by atoms with Crippen LogP contribution in [-0.2, 0) is 23.0 Å². The lowest BCUT2D eigenvalue weighted by atomic mass is 10.0. The van der Waals surface area contributed by atoms with Gasteiger partial charge in [0, 0.05) is 24.3 Å². The Morgan fingerprint density at radius 2 is 1.50 bits per heavy atom. The first-order valence-electron chi connectivity index (χ1n) is 9.27. The number of nitrogens with zero attached hydrogens (tertiary/aromatic N) is 1. The number of fused-ring (bicyclic) bond motifs is 1. The Kier molecular flexibility index (Phi) is 5.36. The van der Waals surface area contributed by atoms with Crippen molar-refractivity contribution in [3.05, 3.63) is 95.1 Å². The fourth-order valence-electron chi connectivity index (χ4n) is 3.37. The van der Waals surface area contributed by atoms with Crippen molar-refractivity contribution in [3.63, 3.8) is 0 Å². The van der Waals surface area contributed by atoms with Crippen molar-refractivity contribution in [2.24, 2.45) is 0 Å². The van der Waals surface area contributed by atoms with Gasteiger partial charge in [0.2, 0.25) is 10.0 Å². The number of sulfonamides is 1. The summed E-state index contributed by atoms with van der Waals surface area (Å²) in [6.45, 7) is 0.462. The van der Waals surface area contributed by atoms with E-state index >= 15 is 0 Å². The summed E-state index contributed by atoms with van der Waals surface area (Å²) >= 11 is 0. The van der Waals surface area contributed by atoms with E-state index in [4.69, 9.17) is 0 Å². The lowest BCUT2D eigenvalue weighted by Crippen LogP contribution is -2.36. The fourth-order valence-corrected chi connectivity index (χ4v) is 4.79. The minimum absolute atomic E-state index is 0.0353. The molecule has 0 bridgehead atoms. The third kappa shape index (κ3) is 4.10. The number of nitrogens with one attached hydrogen (secondary N) is 1. The van der Waals surface area contributed by atoms with Gasteiger partial charge < -0.3 is 5.32 Å². The normalized spacial score (nSPS) is 14.2. The molecule has 0 spiro atoms. The molecule has 0 unspecified atom stereocenters. The van der Waals surface area contributed by atoms with Gasteiger partial charge in [-0.1, -0.05) is 6.07 Å². The summed E-state index contributed by atoms with van der Waals surface area (Å²) in [6, 6.07) is 15.3. The zero-order valence-electron chi connectivity index (χ0n) is 15.8. The van der Waals surface area contributed by atoms with Crippen LogP contribution in [0.5, 0.6) is 0 Å². The number of hydrogen-bond acceptors (Lipinski definition) is 3. The van der Waals surface area contributed by atoms with Gasteiger partial charge in [-0.15, -0.1) is 0 Å². The van der Waals surface area contributed by atoms with Crippen LogP contribution < -0.4 is 5.32 Å². The lowest BCUT2D eigenvalue weighted by molar-refractivity contribution is 0.102. The molecule has 4 rings (SSSR count). The van der Waals surface area contributed by atoms with Crippen molar-refractivity contribution in [1.82, 2.24) is 4.31 Å². The molecule has 30 heavy (non-hydrogen) atoms. The maximum Gasteiger partial charge on any atom is 0.255 e. The van der Waals surface area contributed by atoms with Gasteiger partial charge in [-0.05, 0) is 78.2 Å². The molecule has 0 saturated heterocycles. The minimum atomic E-state index is -3.76. The van der Waals surface area contributed by atoms with Gasteiger partial charge in [0.05, 0.1) is 4.90 Å². The van der Waals surface area contributed by atoms with Crippen LogP contribution in [0.4, 0.5) is 14.5 Å². The summed E-state index contributed by atoms with van der Waals surface area (Å²) in [7, 11) is -3.76. The standard InChI is InChI=1S/C22H18F2N2O3S/c23-18-4-1-16(2-5-18)22(27)25-20-8-3-15-11-12-26(14-17(15)13-20)30(28,29)21-9-6-19(24)7-10-21/h1-10,13H,11-12,14H2,(H,25,27). The molecule has 8 heteroatoms. The Bertz CT molecular complexity index is 1190. The van der Waals surface area contributed by atoms with E-state index in [0.29, 0.717) is 24.2 Å². The van der Waals surface area contributed by atoms with Crippen LogP contribution in [0.2, 0.25) is 0 Å². The van der Waals surface area contributed by atoms with Gasteiger partial charge in [-0.3, -0.25) is 4.79 Å². The van der Waals surface area contributed by atoms with Crippen molar-refractivity contribution in [1.29, 1.82) is 0 Å². The predicted octanol–water partition coefficient (Wildman–Crippen LogP) is 3.96. The molecule has 0 aromatic heterocycles. The second-order valence-corrected chi connectivity index (χ2v) is 8.92. The molecule has 1 heterocycles. The summed E-state index contributed by atoms with van der Waals surface area (Å²) in [5.41, 5.74) is 2.61. The average molecular weight is 428 g/mol. The molecule has 0 fully saturated rings. The first kappa shape index (κ1) is 20.2. The first-order chi connectivity index (χ1) is 14.3. The number of halogens is 2. The molecule has 1 aliphatic rings. The summed E-state index contributed by atoms with van der Waals surface area (Å²) in [6.07, 6.45) is 0.530. The maximum atomic E-state index is 13.1. The summed E-state index contributed by atoms with van der Waals surface area (Å²) in [5.74, 6) is -1.32. The smallest absolute Gasteiger partial charge is 0.255 e. The second kappa shape index (κ2) is 7.97. The third-order valence-corrected chi connectivity index (χ3v) is 6.86. The molecule has 5 nitrogen and oxygen atoms in total. The average Bonchev–Trinajstić information content (AvgIpc) is 2.74. The van der Waals surface area contributed by atoms with Crippen LogP contribution >= 0.6 is 0 Å². The second-order valence-electron chi connectivity index (χ2n) is 6.99. The number of anilines is 1. The molecule has 0 saturated carbocycles. The van der Waals surface area contributed by atoms with Gasteiger partial charge >= 0.3 is 0 Å². The summed E-state index contributed by atoms with van der Waals surface area (Å²) < 4.78 is 53.3. The molecule has 3 aromatic carbocycles. The molecule has 1 amide bonds. The molecule has 0 aliphatic carbocycles. The molecule has 0 radical (unpaired) electrons. The number of rotatable bonds is 4. The van der Waals surface area contributed by atoms with E-state index < -0.39 is 21.7 Å². The number of amides is 1. The summed E-state index contributed by atoms with van der Waals surface area (Å²) in [4.78, 5) is 12.4. The van der Waals surface area contributed by atoms with E-state index in [1.54, 1.807) is 12.1 Å². The van der Waals surface area contributed by atoms with Gasteiger partial charge in [-0.2, -0.15) is 4.31 Å². The number of hydrogen-bond donors (Lipinski definition) is 1. The van der Waals surface area contributed by atoms with Gasteiger partial charge in [0.1, 0.15) is 11.6 Å². The van der Waals surface area contributed by atoms with E-state index in [0.717, 1.165) is 23.3 Å². The Morgan fingerprint density at radius 1 is 0.867 bits per heavy atom. The van der Waals surface area contributed by atoms with Gasteiger partial charge in [0.15, 0.2) is 0 Å². The van der Waals surface area contributed by atoms with Crippen LogP contribution in [0, 0.1) is 11.6 Å². The van der Waals surface area contributed by atoms with Crippen molar-refractivity contribution in [3.8, 4) is 0 Å². The van der Waals surface area contributed by atoms with E-state index in [-0.39, 0.29) is 17.3 Å². The van der Waals surface area contributed by atoms with E-state index in [9.17, 15) is 22.0 Å². The molecule has 3 aromatic rings. The minimum Gasteiger partial charge on any atom is -0.322 e. The number of carbonyl (C=O) groups excluding carboxylic acids is 1. The van der Waals surface area contributed by atoms with Crippen molar-refractivity contribution in [2.45, 2.75) is 17.9 Å². The topological polar surface area (TPSA) is 66.5 Å². The lowest BCUT2D eigenvalue weighted by Gasteiger charge is -2.28. The molecular formula is C22H18F2N2O3S. The predicted molar refractivity (Wildman–Crippen MR) is 108 cm³/mol. The quantitative estimate of drug-likeness (QED) is 0.684. The Morgan fingerprint density at radius 3 is 2.17 bits per heavy atom. The molecular weight excluding hydrogens is 410 g/mol. The maximum absolute atomic E-state index is 13.1. The molecule has 0 atom stereocenters. The first-order valence-corrected chi connectivity index (χ1v) is 10.7. The fraction of sp³-hybridized carbons (Fsp3) is 0.136. The molecule has 154 valence electrons. The summed E-state index contributed by atoms with van der Waals surface area (Å²) in [5, 5.41) is 2.75. The largest absolute Gasteiger partial charge is 0.322 e. The van der Waals surface area contributed by atoms with Gasteiger partial charge in [-0.25, -0.2) is 17.2 Å². The highest BCUT2D eigenvalue weighted by Gasteiger charge is 2.28. The zero-order valence-corrected chi connectivity index (χ0v) is 16.6. The van der Waals surface area contributed by atoms with Crippen LogP contribution in [0.3, 0.4) is 0 Å². The van der Waals surface area contributed by atoms with E-state index in [1.165, 1.54) is 40.7 Å². The molecule has 1 N–H and O–H groups in total. The SMILES string of the molecule is O=C(Nc1ccc2c(c1)CN(S(=O)(=O)c1ccc(F)cc1)CC2)c1ccc(F)cc1. The Hall–Kier alpha value is -3.10. The van der Waals surface area contributed by atoms with Crippen molar-refractivity contribution in [2.75, 3.05) is 11.9 Å². The van der Waals surface area contributed by atoms with Crippen molar-refractivity contribution < 1.29 is 22.0 Å². The van der Waals surface area contributed by atoms with E-state index in [2.05, 4.69) is 5.32 Å². The third-order valence-electron chi connectivity index (χ3n) is 5.00.